The van der Waals surface area contributed by atoms with Gasteiger partial charge >= 0.3 is 0 Å². The third kappa shape index (κ3) is 4.81. The summed E-state index contributed by atoms with van der Waals surface area (Å²) in [7, 11) is 0. The fraction of sp³-hybridized carbons (Fsp3) is 0.400. The van der Waals surface area contributed by atoms with E-state index in [4.69, 9.17) is 9.90 Å². The van der Waals surface area contributed by atoms with E-state index in [9.17, 15) is 18.4 Å². The number of nitrogens with one attached hydrogen (secondary N) is 1. The molecule has 2 aromatic rings. The van der Waals surface area contributed by atoms with Crippen molar-refractivity contribution in [3.63, 3.8) is 0 Å². The molecule has 1 saturated carbocycles. The molecule has 4 rings (SSSR count). The SMILES string of the molecule is O=C(NCc1ccc(F)c(F)c1)[C@@H]1C[C@H]2CCN(C(=O)c3cscn3)C[C@H]21.O=CO. The van der Waals surface area contributed by atoms with Crippen molar-refractivity contribution in [1.29, 1.82) is 0 Å². The number of fused-ring (bicyclic) bond motifs is 1. The third-order valence-electron chi connectivity index (χ3n) is 5.61. The van der Waals surface area contributed by atoms with Crippen LogP contribution in [0.15, 0.2) is 29.1 Å². The molecule has 2 N–H and O–H groups in total. The number of hydrogen-bond donors (Lipinski definition) is 2. The van der Waals surface area contributed by atoms with Crippen LogP contribution >= 0.6 is 11.3 Å². The Morgan fingerprint density at radius 2 is 2.10 bits per heavy atom. The average Bonchev–Trinajstić information content (AvgIpc) is 3.25. The van der Waals surface area contributed by atoms with Crippen LogP contribution in [0.25, 0.3) is 0 Å². The molecule has 1 saturated heterocycles. The Balaban J connectivity index is 0.000000806. The highest BCUT2D eigenvalue weighted by atomic mass is 32.1. The second-order valence-corrected chi connectivity index (χ2v) is 7.97. The summed E-state index contributed by atoms with van der Waals surface area (Å²) in [4.78, 5) is 39.2. The van der Waals surface area contributed by atoms with Crippen LogP contribution in [0.1, 0.15) is 28.9 Å². The van der Waals surface area contributed by atoms with Gasteiger partial charge in [-0.1, -0.05) is 6.07 Å². The summed E-state index contributed by atoms with van der Waals surface area (Å²) in [6, 6.07) is 3.60. The van der Waals surface area contributed by atoms with Crippen molar-refractivity contribution in [2.45, 2.75) is 19.4 Å². The summed E-state index contributed by atoms with van der Waals surface area (Å²) in [5, 5.41) is 11.4. The van der Waals surface area contributed by atoms with Crippen molar-refractivity contribution in [1.82, 2.24) is 15.2 Å². The predicted molar refractivity (Wildman–Crippen MR) is 105 cm³/mol. The number of hydrogen-bond acceptors (Lipinski definition) is 5. The van der Waals surface area contributed by atoms with E-state index in [1.54, 1.807) is 15.8 Å². The molecule has 2 heterocycles. The van der Waals surface area contributed by atoms with Crippen LogP contribution in [0.3, 0.4) is 0 Å². The van der Waals surface area contributed by atoms with Gasteiger partial charge in [0.05, 0.1) is 5.51 Å². The molecule has 2 aliphatic rings. The monoisotopic (exact) mass is 437 g/mol. The van der Waals surface area contributed by atoms with Crippen molar-refractivity contribution in [2.24, 2.45) is 17.8 Å². The second-order valence-electron chi connectivity index (χ2n) is 7.25. The molecule has 2 amide bonds. The normalized spacial score (nSPS) is 22.1. The summed E-state index contributed by atoms with van der Waals surface area (Å²) in [5.74, 6) is -1.54. The molecule has 10 heteroatoms. The second kappa shape index (κ2) is 9.75. The Kier molecular flexibility index (Phi) is 7.09. The Bertz CT molecular complexity index is 909. The van der Waals surface area contributed by atoms with Crippen LogP contribution < -0.4 is 5.32 Å². The number of carbonyl (C=O) groups excluding carboxylic acids is 2. The van der Waals surface area contributed by atoms with Crippen LogP contribution in [0.5, 0.6) is 0 Å². The summed E-state index contributed by atoms with van der Waals surface area (Å²) < 4.78 is 26.2. The van der Waals surface area contributed by atoms with Gasteiger partial charge in [0.15, 0.2) is 11.6 Å². The van der Waals surface area contributed by atoms with Gasteiger partial charge in [-0.3, -0.25) is 14.4 Å². The van der Waals surface area contributed by atoms with Gasteiger partial charge in [0, 0.05) is 30.9 Å². The zero-order chi connectivity index (χ0) is 21.7. The smallest absolute Gasteiger partial charge is 0.290 e. The first-order chi connectivity index (χ1) is 14.4. The number of rotatable bonds is 4. The molecule has 1 aliphatic heterocycles. The van der Waals surface area contributed by atoms with E-state index >= 15 is 0 Å². The van der Waals surface area contributed by atoms with Gasteiger partial charge in [-0.15, -0.1) is 11.3 Å². The number of amides is 2. The first kappa shape index (κ1) is 21.8. The number of carbonyl (C=O) groups is 3. The molecule has 160 valence electrons. The lowest BCUT2D eigenvalue weighted by atomic mass is 9.61. The molecule has 1 aromatic carbocycles. The van der Waals surface area contributed by atoms with E-state index in [1.807, 2.05) is 0 Å². The van der Waals surface area contributed by atoms with Gasteiger partial charge in [-0.05, 0) is 42.4 Å². The predicted octanol–water partition coefficient (Wildman–Crippen LogP) is 2.54. The fourth-order valence-electron chi connectivity index (χ4n) is 4.02. The van der Waals surface area contributed by atoms with Gasteiger partial charge in [0.2, 0.25) is 5.91 Å². The van der Waals surface area contributed by atoms with Gasteiger partial charge in [0.1, 0.15) is 5.69 Å². The van der Waals surface area contributed by atoms with Crippen molar-refractivity contribution >= 4 is 29.6 Å². The van der Waals surface area contributed by atoms with Crippen LogP contribution in [0.4, 0.5) is 8.78 Å². The number of nitrogens with zero attached hydrogens (tertiary/aromatic N) is 2. The number of benzene rings is 1. The fourth-order valence-corrected chi connectivity index (χ4v) is 4.55. The molecule has 0 unspecified atom stereocenters. The Morgan fingerprint density at radius 1 is 1.33 bits per heavy atom. The Hall–Kier alpha value is -2.88. The van der Waals surface area contributed by atoms with E-state index in [1.165, 1.54) is 17.4 Å². The van der Waals surface area contributed by atoms with Gasteiger partial charge in [-0.25, -0.2) is 13.8 Å². The maximum absolute atomic E-state index is 13.3. The minimum absolute atomic E-state index is 0.0810. The maximum atomic E-state index is 13.3. The standard InChI is InChI=1S/C19H19F2N3O2S.CH2O2/c20-15-2-1-11(5-16(15)21)7-22-18(25)13-6-12-3-4-24(8-14(12)13)19(26)17-9-27-10-23-17;2-1-3/h1-2,5,9-10,12-14H,3-4,6-8H2,(H,22,25);1H,(H,2,3)/t12-,13-,14-;/m1./s1. The van der Waals surface area contributed by atoms with E-state index in [2.05, 4.69) is 10.3 Å². The lowest BCUT2D eigenvalue weighted by Crippen LogP contribution is -2.56. The number of carboxylic acid groups (broad SMARTS) is 1. The zero-order valence-electron chi connectivity index (χ0n) is 16.0. The van der Waals surface area contributed by atoms with Crippen molar-refractivity contribution in [3.8, 4) is 0 Å². The minimum atomic E-state index is -0.922. The van der Waals surface area contributed by atoms with Gasteiger partial charge < -0.3 is 15.3 Å². The molecule has 2 fully saturated rings. The number of aromatic nitrogens is 1. The molecule has 0 bridgehead atoms. The van der Waals surface area contributed by atoms with Crippen molar-refractivity contribution < 1.29 is 28.3 Å². The van der Waals surface area contributed by atoms with E-state index in [0.717, 1.165) is 25.0 Å². The highest BCUT2D eigenvalue weighted by Gasteiger charge is 2.48. The number of piperidine rings is 1. The van der Waals surface area contributed by atoms with Crippen LogP contribution in [0.2, 0.25) is 0 Å². The van der Waals surface area contributed by atoms with E-state index in [0.29, 0.717) is 30.3 Å². The summed E-state index contributed by atoms with van der Waals surface area (Å²) in [6.07, 6.45) is 1.71. The molecule has 3 atom stereocenters. The van der Waals surface area contributed by atoms with Crippen LogP contribution in [0, 0.1) is 29.4 Å². The average molecular weight is 437 g/mol. The van der Waals surface area contributed by atoms with Gasteiger partial charge in [0.25, 0.3) is 12.4 Å². The highest BCUT2D eigenvalue weighted by Crippen LogP contribution is 2.45. The molecular weight excluding hydrogens is 416 g/mol. The van der Waals surface area contributed by atoms with Crippen LogP contribution in [-0.4, -0.2) is 46.4 Å². The van der Waals surface area contributed by atoms with Crippen molar-refractivity contribution in [2.75, 3.05) is 13.1 Å². The summed E-state index contributed by atoms with van der Waals surface area (Å²) in [5.41, 5.74) is 2.61. The molecule has 0 spiro atoms. The largest absolute Gasteiger partial charge is 0.483 e. The van der Waals surface area contributed by atoms with Crippen LogP contribution in [-0.2, 0) is 16.1 Å². The minimum Gasteiger partial charge on any atom is -0.483 e. The Labute approximate surface area is 175 Å². The zero-order valence-corrected chi connectivity index (χ0v) is 16.8. The first-order valence-corrected chi connectivity index (χ1v) is 10.4. The lowest BCUT2D eigenvalue weighted by molar-refractivity contribution is -0.136. The van der Waals surface area contributed by atoms with E-state index < -0.39 is 11.6 Å². The maximum Gasteiger partial charge on any atom is 0.290 e. The quantitative estimate of drug-likeness (QED) is 0.716. The Morgan fingerprint density at radius 3 is 2.77 bits per heavy atom. The number of thiazole rings is 1. The van der Waals surface area contributed by atoms with Crippen molar-refractivity contribution in [3.05, 3.63) is 52.0 Å². The molecular formula is C20H21F2N3O4S. The summed E-state index contributed by atoms with van der Waals surface area (Å²) >= 11 is 1.39. The number of halogens is 2. The highest BCUT2D eigenvalue weighted by molar-refractivity contribution is 7.07. The number of likely N-dealkylation sites (tertiary alicyclic amines) is 1. The van der Waals surface area contributed by atoms with Gasteiger partial charge in [-0.2, -0.15) is 0 Å². The molecule has 7 nitrogen and oxygen atoms in total. The third-order valence-corrected chi connectivity index (χ3v) is 6.19. The van der Waals surface area contributed by atoms with E-state index in [-0.39, 0.29) is 36.7 Å². The molecule has 0 radical (unpaired) electrons. The lowest BCUT2D eigenvalue weighted by Gasteiger charge is -2.50. The molecule has 30 heavy (non-hydrogen) atoms. The first-order valence-electron chi connectivity index (χ1n) is 9.41. The molecule has 1 aromatic heterocycles. The summed E-state index contributed by atoms with van der Waals surface area (Å²) in [6.45, 7) is 1.16. The topological polar surface area (TPSA) is 99.6 Å². The molecule has 1 aliphatic carbocycles.